The third-order valence-corrected chi connectivity index (χ3v) is 4.18. The zero-order valence-corrected chi connectivity index (χ0v) is 13.9. The van der Waals surface area contributed by atoms with Crippen LogP contribution in [0.25, 0.3) is 0 Å². The number of H-pyrrole nitrogens is 1. The van der Waals surface area contributed by atoms with E-state index < -0.39 is 0 Å². The highest BCUT2D eigenvalue weighted by molar-refractivity contribution is 5.82. The first-order valence-corrected chi connectivity index (χ1v) is 7.99. The minimum Gasteiger partial charge on any atom is -0.346 e. The maximum atomic E-state index is 12.5. The van der Waals surface area contributed by atoms with Gasteiger partial charge >= 0.3 is 0 Å². The van der Waals surface area contributed by atoms with Gasteiger partial charge in [-0.3, -0.25) is 9.69 Å². The van der Waals surface area contributed by atoms with Crippen molar-refractivity contribution >= 4 is 5.91 Å². The van der Waals surface area contributed by atoms with E-state index in [0.29, 0.717) is 5.92 Å². The number of rotatable bonds is 5. The zero-order chi connectivity index (χ0) is 15.6. The minimum atomic E-state index is -0.0568. The molecule has 1 N–H and O–H groups in total. The lowest BCUT2D eigenvalue weighted by Crippen LogP contribution is -2.56. The molecule has 21 heavy (non-hydrogen) atoms. The molecule has 2 heterocycles. The molecule has 0 spiro atoms. The molecule has 0 aliphatic carbocycles. The van der Waals surface area contributed by atoms with Gasteiger partial charge in [-0.25, -0.2) is 4.98 Å². The van der Waals surface area contributed by atoms with Crippen molar-refractivity contribution < 1.29 is 4.79 Å². The van der Waals surface area contributed by atoms with E-state index in [0.717, 1.165) is 49.8 Å². The van der Waals surface area contributed by atoms with Gasteiger partial charge in [0, 0.05) is 38.3 Å². The summed E-state index contributed by atoms with van der Waals surface area (Å²) < 4.78 is 0. The molecular formula is C16H28N4O. The maximum absolute atomic E-state index is 12.5. The molecule has 1 atom stereocenters. The molecule has 1 unspecified atom stereocenters. The molecule has 5 nitrogen and oxygen atoms in total. The van der Waals surface area contributed by atoms with E-state index >= 15 is 0 Å². The summed E-state index contributed by atoms with van der Waals surface area (Å²) in [5.41, 5.74) is 2.19. The number of hydrogen-bond donors (Lipinski definition) is 1. The highest BCUT2D eigenvalue weighted by Gasteiger charge is 2.32. The van der Waals surface area contributed by atoms with Gasteiger partial charge < -0.3 is 9.88 Å². The largest absolute Gasteiger partial charge is 0.346 e. The van der Waals surface area contributed by atoms with Gasteiger partial charge in [0.25, 0.3) is 0 Å². The first-order valence-electron chi connectivity index (χ1n) is 7.99. The lowest BCUT2D eigenvalue weighted by atomic mass is 10.1. The van der Waals surface area contributed by atoms with Gasteiger partial charge in [-0.15, -0.1) is 0 Å². The van der Waals surface area contributed by atoms with E-state index in [1.807, 2.05) is 11.8 Å². The number of carbonyl (C=O) groups is 1. The van der Waals surface area contributed by atoms with Gasteiger partial charge in [0.05, 0.1) is 11.7 Å². The van der Waals surface area contributed by atoms with Crippen molar-refractivity contribution in [1.29, 1.82) is 0 Å². The summed E-state index contributed by atoms with van der Waals surface area (Å²) in [6, 6.07) is -0.0568. The van der Waals surface area contributed by atoms with Crippen LogP contribution in [0.5, 0.6) is 0 Å². The van der Waals surface area contributed by atoms with E-state index in [1.165, 1.54) is 0 Å². The first kappa shape index (κ1) is 16.0. The van der Waals surface area contributed by atoms with Gasteiger partial charge in [-0.1, -0.05) is 20.8 Å². The van der Waals surface area contributed by atoms with Gasteiger partial charge in [0.1, 0.15) is 5.82 Å². The van der Waals surface area contributed by atoms with Crippen molar-refractivity contribution in [3.63, 3.8) is 0 Å². The Morgan fingerprint density at radius 3 is 2.67 bits per heavy atom. The fraction of sp³-hybridized carbons (Fsp3) is 0.750. The summed E-state index contributed by atoms with van der Waals surface area (Å²) in [6.45, 7) is 13.8. The standard InChI is InChI=1S/C16H28N4O/c1-6-15-17-12(4)14(18-15)10-19-7-8-20(9-11(2)3)16(21)13(19)5/h11,13H,6-10H2,1-5H3,(H,17,18). The number of amides is 1. The molecule has 1 fully saturated rings. The van der Waals surface area contributed by atoms with Crippen LogP contribution in [0.15, 0.2) is 0 Å². The predicted molar refractivity (Wildman–Crippen MR) is 84.0 cm³/mol. The van der Waals surface area contributed by atoms with E-state index in [4.69, 9.17) is 0 Å². The number of aryl methyl sites for hydroxylation is 2. The molecule has 1 amide bonds. The topological polar surface area (TPSA) is 52.2 Å². The van der Waals surface area contributed by atoms with E-state index in [2.05, 4.69) is 42.6 Å². The summed E-state index contributed by atoms with van der Waals surface area (Å²) in [7, 11) is 0. The molecule has 0 bridgehead atoms. The average Bonchev–Trinajstić information content (AvgIpc) is 2.78. The highest BCUT2D eigenvalue weighted by atomic mass is 16.2. The molecule has 1 aromatic rings. The normalized spacial score (nSPS) is 20.6. The minimum absolute atomic E-state index is 0.0568. The summed E-state index contributed by atoms with van der Waals surface area (Å²) in [5, 5.41) is 0. The molecule has 1 saturated heterocycles. The Hall–Kier alpha value is -1.36. The number of aromatic amines is 1. The Morgan fingerprint density at radius 1 is 1.38 bits per heavy atom. The molecule has 0 aromatic carbocycles. The second kappa shape index (κ2) is 6.60. The number of carbonyl (C=O) groups excluding carboxylic acids is 1. The smallest absolute Gasteiger partial charge is 0.239 e. The molecule has 118 valence electrons. The van der Waals surface area contributed by atoms with Crippen molar-refractivity contribution in [3.8, 4) is 0 Å². The monoisotopic (exact) mass is 292 g/mol. The Labute approximate surface area is 127 Å². The van der Waals surface area contributed by atoms with Crippen molar-refractivity contribution in [2.24, 2.45) is 5.92 Å². The number of nitrogens with zero attached hydrogens (tertiary/aromatic N) is 3. The fourth-order valence-electron chi connectivity index (χ4n) is 2.89. The number of imidazole rings is 1. The quantitative estimate of drug-likeness (QED) is 0.902. The second-order valence-electron chi connectivity index (χ2n) is 6.43. The van der Waals surface area contributed by atoms with Crippen LogP contribution in [-0.4, -0.2) is 51.4 Å². The molecule has 1 aliphatic heterocycles. The summed E-state index contributed by atoms with van der Waals surface area (Å²) in [4.78, 5) is 24.6. The summed E-state index contributed by atoms with van der Waals surface area (Å²) in [5.74, 6) is 1.80. The zero-order valence-electron chi connectivity index (χ0n) is 13.9. The molecule has 1 aromatic heterocycles. The van der Waals surface area contributed by atoms with Crippen LogP contribution in [0, 0.1) is 12.8 Å². The van der Waals surface area contributed by atoms with Gasteiger partial charge in [-0.05, 0) is 19.8 Å². The fourth-order valence-corrected chi connectivity index (χ4v) is 2.89. The lowest BCUT2D eigenvalue weighted by Gasteiger charge is -2.39. The molecule has 2 rings (SSSR count). The van der Waals surface area contributed by atoms with E-state index in [1.54, 1.807) is 0 Å². The van der Waals surface area contributed by atoms with Gasteiger partial charge in [-0.2, -0.15) is 0 Å². The van der Waals surface area contributed by atoms with Crippen LogP contribution in [0.1, 0.15) is 44.9 Å². The first-order chi connectivity index (χ1) is 9.92. The number of hydrogen-bond acceptors (Lipinski definition) is 3. The third kappa shape index (κ3) is 3.64. The molecule has 0 saturated carbocycles. The Morgan fingerprint density at radius 2 is 2.10 bits per heavy atom. The molecule has 0 radical (unpaired) electrons. The van der Waals surface area contributed by atoms with E-state index in [9.17, 15) is 4.79 Å². The van der Waals surface area contributed by atoms with Crippen LogP contribution in [0.2, 0.25) is 0 Å². The van der Waals surface area contributed by atoms with Crippen molar-refractivity contribution in [3.05, 3.63) is 17.2 Å². The molecular weight excluding hydrogens is 264 g/mol. The van der Waals surface area contributed by atoms with E-state index in [-0.39, 0.29) is 11.9 Å². The van der Waals surface area contributed by atoms with Crippen LogP contribution in [0.3, 0.4) is 0 Å². The summed E-state index contributed by atoms with van der Waals surface area (Å²) in [6.07, 6.45) is 0.914. The molecule has 1 aliphatic rings. The van der Waals surface area contributed by atoms with Gasteiger partial charge in [0.2, 0.25) is 5.91 Å². The van der Waals surface area contributed by atoms with Crippen LogP contribution < -0.4 is 0 Å². The van der Waals surface area contributed by atoms with Gasteiger partial charge in [0.15, 0.2) is 0 Å². The number of piperazine rings is 1. The Balaban J connectivity index is 2.02. The Bertz CT molecular complexity index is 494. The second-order valence-corrected chi connectivity index (χ2v) is 6.43. The highest BCUT2D eigenvalue weighted by Crippen LogP contribution is 2.17. The van der Waals surface area contributed by atoms with Crippen LogP contribution >= 0.6 is 0 Å². The van der Waals surface area contributed by atoms with Crippen molar-refractivity contribution in [2.45, 2.75) is 53.6 Å². The van der Waals surface area contributed by atoms with Crippen LogP contribution in [0.4, 0.5) is 0 Å². The number of aromatic nitrogens is 2. The number of nitrogens with one attached hydrogen (secondary N) is 1. The van der Waals surface area contributed by atoms with Crippen molar-refractivity contribution in [1.82, 2.24) is 19.8 Å². The maximum Gasteiger partial charge on any atom is 0.239 e. The average molecular weight is 292 g/mol. The third-order valence-electron chi connectivity index (χ3n) is 4.18. The predicted octanol–water partition coefficient (Wildman–Crippen LogP) is 1.97. The summed E-state index contributed by atoms with van der Waals surface area (Å²) >= 11 is 0. The Kier molecular flexibility index (Phi) is 5.04. The SMILES string of the molecule is CCc1nc(CN2CCN(CC(C)C)C(=O)C2C)c(C)[nH]1. The lowest BCUT2D eigenvalue weighted by molar-refractivity contribution is -0.142. The molecule has 5 heteroatoms. The van der Waals surface area contributed by atoms with Crippen LogP contribution in [-0.2, 0) is 17.8 Å². The van der Waals surface area contributed by atoms with Crippen molar-refractivity contribution in [2.75, 3.05) is 19.6 Å².